The predicted molar refractivity (Wildman–Crippen MR) is 263 cm³/mol. The Morgan fingerprint density at radius 2 is 0.986 bits per heavy atom. The fourth-order valence-corrected chi connectivity index (χ4v) is 7.15. The molecule has 0 atom stereocenters. The van der Waals surface area contributed by atoms with Crippen molar-refractivity contribution in [3.8, 4) is 45.6 Å². The smallest absolute Gasteiger partial charge is 0.389 e. The first kappa shape index (κ1) is 53.8. The molecule has 0 aliphatic carbocycles. The average Bonchev–Trinajstić information content (AvgIpc) is 3.36. The summed E-state index contributed by atoms with van der Waals surface area (Å²) in [6.45, 7) is 1.38. The van der Waals surface area contributed by atoms with Crippen LogP contribution in [0.25, 0.3) is 23.3 Å². The van der Waals surface area contributed by atoms with Crippen molar-refractivity contribution in [1.82, 2.24) is 0 Å². The summed E-state index contributed by atoms with van der Waals surface area (Å²) >= 11 is 0. The highest BCUT2D eigenvalue weighted by molar-refractivity contribution is 6.16. The minimum Gasteiger partial charge on any atom is -0.494 e. The highest BCUT2D eigenvalue weighted by Gasteiger charge is 2.27. The molecule has 6 rings (SSSR count). The van der Waals surface area contributed by atoms with E-state index in [0.29, 0.717) is 33.5 Å². The maximum atomic E-state index is 14.1. The lowest BCUT2D eigenvalue weighted by molar-refractivity contribution is -0.137. The Bertz CT molecular complexity index is 3020. The SMILES string of the molecule is COc1cc(/C=C/C(=O)c2cc(N)ccc2-c2ccc(N)c(C)c2C(=O)/C=C/c2ccc(OC(=O)c3ccc(OCCCC(F)(F)F)cc3)c(OC)c2)ccc1OC(=O)c1ccc(OCCCC(F)(F)F)cc1. The van der Waals surface area contributed by atoms with Gasteiger partial charge in [-0.25, -0.2) is 9.59 Å². The number of nitrogen functional groups attached to an aromatic ring is 2. The van der Waals surface area contributed by atoms with E-state index in [1.54, 1.807) is 55.5 Å². The van der Waals surface area contributed by atoms with Gasteiger partial charge in [0.05, 0.1) is 38.6 Å². The van der Waals surface area contributed by atoms with Gasteiger partial charge in [0.25, 0.3) is 0 Å². The van der Waals surface area contributed by atoms with Crippen LogP contribution in [0.5, 0.6) is 34.5 Å². The van der Waals surface area contributed by atoms with Gasteiger partial charge in [-0.15, -0.1) is 0 Å². The van der Waals surface area contributed by atoms with E-state index in [1.807, 2.05) is 0 Å². The second-order valence-corrected chi connectivity index (χ2v) is 16.2. The molecular weight excluding hydrogens is 963 g/mol. The number of nitrogens with two attached hydrogens (primary N) is 2. The van der Waals surface area contributed by atoms with E-state index in [2.05, 4.69) is 0 Å². The molecule has 0 aliphatic heterocycles. The van der Waals surface area contributed by atoms with Crippen LogP contribution in [-0.4, -0.2) is 63.3 Å². The Morgan fingerprint density at radius 1 is 0.534 bits per heavy atom. The molecule has 0 aromatic heterocycles. The summed E-state index contributed by atoms with van der Waals surface area (Å²) in [4.78, 5) is 54.1. The fraction of sp³-hybridized carbons (Fsp3) is 0.200. The first-order chi connectivity index (χ1) is 34.7. The van der Waals surface area contributed by atoms with Crippen molar-refractivity contribution >= 4 is 47.0 Å². The zero-order valence-corrected chi connectivity index (χ0v) is 39.5. The van der Waals surface area contributed by atoms with E-state index in [0.717, 1.165) is 0 Å². The summed E-state index contributed by atoms with van der Waals surface area (Å²) in [7, 11) is 2.74. The molecule has 12 nitrogen and oxygen atoms in total. The number of hydrogen-bond acceptors (Lipinski definition) is 12. The number of methoxy groups -OCH3 is 2. The molecule has 0 amide bonds. The zero-order valence-electron chi connectivity index (χ0n) is 39.5. The number of rotatable bonds is 21. The molecule has 73 heavy (non-hydrogen) atoms. The van der Waals surface area contributed by atoms with Crippen LogP contribution < -0.4 is 39.9 Å². The first-order valence-electron chi connectivity index (χ1n) is 22.4. The molecule has 6 aromatic carbocycles. The zero-order chi connectivity index (χ0) is 52.9. The van der Waals surface area contributed by atoms with Crippen LogP contribution in [0, 0.1) is 6.92 Å². The highest BCUT2D eigenvalue weighted by Crippen LogP contribution is 2.36. The van der Waals surface area contributed by atoms with Gasteiger partial charge in [-0.05, 0) is 151 Å². The minimum absolute atomic E-state index is 0.0722. The van der Waals surface area contributed by atoms with Gasteiger partial charge in [0.1, 0.15) is 11.5 Å². The molecule has 0 fully saturated rings. The summed E-state index contributed by atoms with van der Waals surface area (Å²) in [5.74, 6) is -1.35. The van der Waals surface area contributed by atoms with Gasteiger partial charge in [0.15, 0.2) is 34.6 Å². The molecule has 0 spiro atoms. The number of benzene rings is 6. The third-order valence-corrected chi connectivity index (χ3v) is 10.9. The second kappa shape index (κ2) is 24.0. The maximum Gasteiger partial charge on any atom is 0.389 e. The summed E-state index contributed by atoms with van der Waals surface area (Å²) in [6, 6.07) is 28.6. The van der Waals surface area contributed by atoms with E-state index < -0.39 is 48.7 Å². The summed E-state index contributed by atoms with van der Waals surface area (Å²) in [5, 5.41) is 0. The van der Waals surface area contributed by atoms with Crippen LogP contribution in [0.1, 0.15) is 83.8 Å². The minimum atomic E-state index is -4.28. The molecule has 4 N–H and O–H groups in total. The third-order valence-electron chi connectivity index (χ3n) is 10.9. The number of ether oxygens (including phenoxy) is 6. The van der Waals surface area contributed by atoms with Gasteiger partial charge in [-0.1, -0.05) is 36.4 Å². The Kier molecular flexibility index (Phi) is 17.7. The van der Waals surface area contributed by atoms with Gasteiger partial charge >= 0.3 is 24.3 Å². The highest BCUT2D eigenvalue weighted by atomic mass is 19.4. The maximum absolute atomic E-state index is 14.1. The fourth-order valence-electron chi connectivity index (χ4n) is 7.15. The largest absolute Gasteiger partial charge is 0.494 e. The average molecular weight is 1010 g/mol. The van der Waals surface area contributed by atoms with Gasteiger partial charge < -0.3 is 39.9 Å². The summed E-state index contributed by atoms with van der Waals surface area (Å²) < 4.78 is 107. The number of ketones is 2. The number of hydrogen-bond donors (Lipinski definition) is 2. The molecule has 0 heterocycles. The topological polar surface area (TPSA) is 176 Å². The first-order valence-corrected chi connectivity index (χ1v) is 22.4. The molecule has 0 saturated heterocycles. The molecule has 380 valence electrons. The number of anilines is 2. The van der Waals surface area contributed by atoms with Crippen LogP contribution in [0.15, 0.2) is 127 Å². The Balaban J connectivity index is 1.14. The van der Waals surface area contributed by atoms with Crippen molar-refractivity contribution in [3.05, 3.63) is 166 Å². The van der Waals surface area contributed by atoms with Gasteiger partial charge in [-0.3, -0.25) is 9.59 Å². The van der Waals surface area contributed by atoms with Gasteiger partial charge in [0.2, 0.25) is 0 Å². The van der Waals surface area contributed by atoms with Crippen LogP contribution in [0.4, 0.5) is 37.7 Å². The van der Waals surface area contributed by atoms with Crippen LogP contribution in [0.3, 0.4) is 0 Å². The second-order valence-electron chi connectivity index (χ2n) is 16.2. The lowest BCUT2D eigenvalue weighted by atomic mass is 9.88. The lowest BCUT2D eigenvalue weighted by Gasteiger charge is -2.16. The Labute approximate surface area is 415 Å². The Hall–Kier alpha value is -8.54. The van der Waals surface area contributed by atoms with Crippen molar-refractivity contribution in [2.75, 3.05) is 38.9 Å². The number of alkyl halides is 6. The van der Waals surface area contributed by atoms with Crippen LogP contribution in [-0.2, 0) is 0 Å². The van der Waals surface area contributed by atoms with Crippen LogP contribution >= 0.6 is 0 Å². The molecule has 0 radical (unpaired) electrons. The van der Waals surface area contributed by atoms with E-state index in [1.165, 1.54) is 105 Å². The number of carbonyl (C=O) groups excluding carboxylic acids is 4. The molecule has 0 bridgehead atoms. The molecule has 0 unspecified atom stereocenters. The monoisotopic (exact) mass is 1010 g/mol. The predicted octanol–water partition coefficient (Wildman–Crippen LogP) is 12.5. The van der Waals surface area contributed by atoms with E-state index in [-0.39, 0.29) is 88.5 Å². The number of esters is 2. The van der Waals surface area contributed by atoms with Gasteiger partial charge in [-0.2, -0.15) is 26.3 Å². The van der Waals surface area contributed by atoms with E-state index in [9.17, 15) is 45.5 Å². The number of carbonyl (C=O) groups is 4. The van der Waals surface area contributed by atoms with Crippen LogP contribution in [0.2, 0.25) is 0 Å². The molecule has 6 aromatic rings. The summed E-state index contributed by atoms with van der Waals surface area (Å²) in [5.41, 5.74) is 16.0. The normalized spacial score (nSPS) is 11.6. The third kappa shape index (κ3) is 15.2. The standard InChI is InChI=1S/C55H48F6N2O10/c1-33-44(63)21-20-42(51(33)46(65)23-7-35-9-25-48(50(31-35)69-3)73-53(67)37-12-17-40(18-13-37)71-29-5-27-55(59,60)61)41-19-14-38(62)32-43(41)45(64)22-6-34-8-24-47(49(30-34)68-2)72-52(66)36-10-15-39(16-11-36)70-28-4-26-54(56,57)58/h6-25,30-32H,4-5,26-29,62-63H2,1-3H3/b22-6+,23-7+. The van der Waals surface area contributed by atoms with E-state index >= 15 is 0 Å². The van der Waals surface area contributed by atoms with Crippen molar-refractivity contribution < 1.29 is 73.9 Å². The van der Waals surface area contributed by atoms with Crippen molar-refractivity contribution in [2.24, 2.45) is 0 Å². The number of halogens is 6. The molecule has 0 saturated carbocycles. The van der Waals surface area contributed by atoms with Crippen molar-refractivity contribution in [1.29, 1.82) is 0 Å². The molecular formula is C55H48F6N2O10. The Morgan fingerprint density at radius 3 is 1.44 bits per heavy atom. The molecule has 18 heteroatoms. The number of allylic oxidation sites excluding steroid dienone is 2. The van der Waals surface area contributed by atoms with Crippen molar-refractivity contribution in [2.45, 2.75) is 45.0 Å². The molecule has 0 aliphatic rings. The lowest BCUT2D eigenvalue weighted by Crippen LogP contribution is -2.10. The van der Waals surface area contributed by atoms with E-state index in [4.69, 9.17) is 39.9 Å². The quantitative estimate of drug-likeness (QED) is 0.0133. The van der Waals surface area contributed by atoms with Crippen molar-refractivity contribution in [3.63, 3.8) is 0 Å². The van der Waals surface area contributed by atoms with Gasteiger partial charge in [0, 0.05) is 35.3 Å². The summed E-state index contributed by atoms with van der Waals surface area (Å²) in [6.07, 6.45) is -5.26.